The molecule has 0 spiro atoms. The minimum absolute atomic E-state index is 0.0120. The number of para-hydroxylation sites is 2. The summed E-state index contributed by atoms with van der Waals surface area (Å²) in [6, 6.07) is 14.5. The molecule has 7 heteroatoms. The van der Waals surface area contributed by atoms with Crippen molar-refractivity contribution < 1.29 is 9.53 Å². The van der Waals surface area contributed by atoms with Gasteiger partial charge in [0, 0.05) is 10.6 Å². The predicted octanol–water partition coefficient (Wildman–Crippen LogP) is 4.29. The summed E-state index contributed by atoms with van der Waals surface area (Å²) in [6.07, 6.45) is 1.61. The molecule has 1 heterocycles. The fraction of sp³-hybridized carbons (Fsp3) is 0.167. The molecule has 128 valence electrons. The van der Waals surface area contributed by atoms with Gasteiger partial charge in [-0.25, -0.2) is 0 Å². The Labute approximate surface area is 155 Å². The van der Waals surface area contributed by atoms with Gasteiger partial charge in [-0.1, -0.05) is 47.6 Å². The largest absolute Gasteiger partial charge is 0.495 e. The maximum absolute atomic E-state index is 12.6. The summed E-state index contributed by atoms with van der Waals surface area (Å²) in [7, 11) is 1.61. The maximum Gasteiger partial charge on any atom is 0.196 e. The summed E-state index contributed by atoms with van der Waals surface area (Å²) in [4.78, 5) is 12.6. The number of carbonyl (C=O) groups excluding carboxylic acids is 1. The van der Waals surface area contributed by atoms with E-state index in [1.54, 1.807) is 37.7 Å². The van der Waals surface area contributed by atoms with Crippen molar-refractivity contribution in [2.75, 3.05) is 7.11 Å². The SMILES string of the molecule is COc1ccccc1-n1cnnc1SC(C)C(=O)c1cccc(Cl)c1. The average Bonchev–Trinajstić information content (AvgIpc) is 3.08. The molecule has 1 aromatic heterocycles. The monoisotopic (exact) mass is 373 g/mol. The molecule has 0 amide bonds. The average molecular weight is 374 g/mol. The Morgan fingerprint density at radius 1 is 1.24 bits per heavy atom. The zero-order valence-corrected chi connectivity index (χ0v) is 15.3. The molecular weight excluding hydrogens is 358 g/mol. The fourth-order valence-electron chi connectivity index (χ4n) is 2.39. The van der Waals surface area contributed by atoms with E-state index < -0.39 is 0 Å². The molecular formula is C18H16ClN3O2S. The second-order valence-electron chi connectivity index (χ2n) is 5.29. The molecule has 0 saturated carbocycles. The van der Waals surface area contributed by atoms with Gasteiger partial charge in [-0.2, -0.15) is 0 Å². The summed E-state index contributed by atoms with van der Waals surface area (Å²) in [5, 5.41) is 8.94. The van der Waals surface area contributed by atoms with E-state index in [2.05, 4.69) is 10.2 Å². The zero-order chi connectivity index (χ0) is 17.8. The highest BCUT2D eigenvalue weighted by Crippen LogP contribution is 2.30. The van der Waals surface area contributed by atoms with Crippen LogP contribution < -0.4 is 4.74 Å². The first-order valence-corrected chi connectivity index (χ1v) is 8.85. The second kappa shape index (κ2) is 7.72. The van der Waals surface area contributed by atoms with Gasteiger partial charge in [-0.05, 0) is 31.2 Å². The smallest absolute Gasteiger partial charge is 0.196 e. The van der Waals surface area contributed by atoms with Crippen molar-refractivity contribution >= 4 is 29.1 Å². The van der Waals surface area contributed by atoms with Crippen LogP contribution in [0.5, 0.6) is 5.75 Å². The minimum atomic E-state index is -0.337. The van der Waals surface area contributed by atoms with Crippen molar-refractivity contribution in [3.8, 4) is 11.4 Å². The standard InChI is InChI=1S/C18H16ClN3O2S/c1-12(17(23)13-6-5-7-14(19)10-13)25-18-21-20-11-22(18)15-8-3-4-9-16(15)24-2/h3-12H,1-2H3. The van der Waals surface area contributed by atoms with Crippen molar-refractivity contribution in [2.45, 2.75) is 17.3 Å². The Balaban J connectivity index is 1.85. The van der Waals surface area contributed by atoms with Gasteiger partial charge in [0.2, 0.25) is 0 Å². The number of hydrogen-bond donors (Lipinski definition) is 0. The summed E-state index contributed by atoms with van der Waals surface area (Å²) >= 11 is 7.32. The first-order chi connectivity index (χ1) is 12.1. The maximum atomic E-state index is 12.6. The van der Waals surface area contributed by atoms with Gasteiger partial charge in [0.25, 0.3) is 0 Å². The van der Waals surface area contributed by atoms with Gasteiger partial charge in [-0.3, -0.25) is 9.36 Å². The van der Waals surface area contributed by atoms with Crippen LogP contribution in [0.3, 0.4) is 0 Å². The number of rotatable bonds is 6. The lowest BCUT2D eigenvalue weighted by Gasteiger charge is -2.13. The van der Waals surface area contributed by atoms with E-state index in [0.717, 1.165) is 5.69 Å². The number of Topliss-reactive ketones (excluding diaryl/α,β-unsaturated/α-hetero) is 1. The summed E-state index contributed by atoms with van der Waals surface area (Å²) < 4.78 is 7.20. The lowest BCUT2D eigenvalue weighted by Crippen LogP contribution is -2.14. The van der Waals surface area contributed by atoms with E-state index in [-0.39, 0.29) is 11.0 Å². The third kappa shape index (κ3) is 3.86. The molecule has 3 aromatic rings. The van der Waals surface area contributed by atoms with Crippen LogP contribution in [0.1, 0.15) is 17.3 Å². The Bertz CT molecular complexity index is 897. The quantitative estimate of drug-likeness (QED) is 0.476. The fourth-order valence-corrected chi connectivity index (χ4v) is 3.49. The number of thioether (sulfide) groups is 1. The van der Waals surface area contributed by atoms with Crippen LogP contribution in [0.2, 0.25) is 5.02 Å². The molecule has 3 rings (SSSR count). The molecule has 0 bridgehead atoms. The van der Waals surface area contributed by atoms with Crippen LogP contribution >= 0.6 is 23.4 Å². The third-order valence-corrected chi connectivity index (χ3v) is 4.91. The molecule has 1 unspecified atom stereocenters. The molecule has 0 radical (unpaired) electrons. The summed E-state index contributed by atoms with van der Waals surface area (Å²) in [5.41, 5.74) is 1.40. The highest BCUT2D eigenvalue weighted by Gasteiger charge is 2.20. The second-order valence-corrected chi connectivity index (χ2v) is 7.03. The van der Waals surface area contributed by atoms with Gasteiger partial charge in [0.1, 0.15) is 12.1 Å². The van der Waals surface area contributed by atoms with E-state index in [1.165, 1.54) is 11.8 Å². The van der Waals surface area contributed by atoms with Gasteiger partial charge in [0.15, 0.2) is 10.9 Å². The molecule has 0 fully saturated rings. The van der Waals surface area contributed by atoms with Crippen LogP contribution in [-0.4, -0.2) is 32.9 Å². The van der Waals surface area contributed by atoms with Crippen molar-refractivity contribution in [1.82, 2.24) is 14.8 Å². The summed E-state index contributed by atoms with van der Waals surface area (Å²) in [6.45, 7) is 1.84. The number of nitrogens with zero attached hydrogens (tertiary/aromatic N) is 3. The number of carbonyl (C=O) groups is 1. The van der Waals surface area contributed by atoms with Gasteiger partial charge >= 0.3 is 0 Å². The Hall–Kier alpha value is -2.31. The number of ether oxygens (including phenoxy) is 1. The molecule has 0 N–H and O–H groups in total. The Kier molecular flexibility index (Phi) is 5.40. The van der Waals surface area contributed by atoms with Crippen LogP contribution in [0.15, 0.2) is 60.0 Å². The lowest BCUT2D eigenvalue weighted by atomic mass is 10.1. The lowest BCUT2D eigenvalue weighted by molar-refractivity contribution is 0.0994. The van der Waals surface area contributed by atoms with Crippen molar-refractivity contribution in [2.24, 2.45) is 0 Å². The normalized spacial score (nSPS) is 12.0. The molecule has 0 aliphatic heterocycles. The van der Waals surface area contributed by atoms with Crippen molar-refractivity contribution in [1.29, 1.82) is 0 Å². The molecule has 25 heavy (non-hydrogen) atoms. The van der Waals surface area contributed by atoms with Crippen LogP contribution in [0.4, 0.5) is 0 Å². The van der Waals surface area contributed by atoms with E-state index in [9.17, 15) is 4.79 Å². The first-order valence-electron chi connectivity index (χ1n) is 7.60. The third-order valence-electron chi connectivity index (χ3n) is 3.62. The highest BCUT2D eigenvalue weighted by atomic mass is 35.5. The van der Waals surface area contributed by atoms with Gasteiger partial charge in [0.05, 0.1) is 18.0 Å². The number of ketones is 1. The molecule has 0 saturated heterocycles. The van der Waals surface area contributed by atoms with E-state index in [1.807, 2.05) is 35.8 Å². The highest BCUT2D eigenvalue weighted by molar-refractivity contribution is 8.00. The number of benzene rings is 2. The van der Waals surface area contributed by atoms with E-state index in [0.29, 0.717) is 21.5 Å². The van der Waals surface area contributed by atoms with Crippen molar-refractivity contribution in [3.05, 3.63) is 65.4 Å². The number of aromatic nitrogens is 3. The van der Waals surface area contributed by atoms with Crippen LogP contribution in [-0.2, 0) is 0 Å². The Morgan fingerprint density at radius 3 is 2.80 bits per heavy atom. The van der Waals surface area contributed by atoms with Gasteiger partial charge < -0.3 is 4.74 Å². The van der Waals surface area contributed by atoms with E-state index >= 15 is 0 Å². The van der Waals surface area contributed by atoms with Gasteiger partial charge in [-0.15, -0.1) is 10.2 Å². The molecule has 1 atom stereocenters. The number of methoxy groups -OCH3 is 1. The predicted molar refractivity (Wildman–Crippen MR) is 99.0 cm³/mol. The first kappa shape index (κ1) is 17.5. The van der Waals surface area contributed by atoms with Crippen LogP contribution in [0.25, 0.3) is 5.69 Å². The molecule has 0 aliphatic carbocycles. The number of halogens is 1. The minimum Gasteiger partial charge on any atom is -0.495 e. The number of hydrogen-bond acceptors (Lipinski definition) is 5. The molecule has 5 nitrogen and oxygen atoms in total. The topological polar surface area (TPSA) is 57.0 Å². The Morgan fingerprint density at radius 2 is 2.04 bits per heavy atom. The van der Waals surface area contributed by atoms with E-state index in [4.69, 9.17) is 16.3 Å². The summed E-state index contributed by atoms with van der Waals surface area (Å²) in [5.74, 6) is 0.694. The van der Waals surface area contributed by atoms with Crippen LogP contribution in [0, 0.1) is 0 Å². The molecule has 2 aromatic carbocycles. The van der Waals surface area contributed by atoms with Crippen molar-refractivity contribution in [3.63, 3.8) is 0 Å². The zero-order valence-electron chi connectivity index (χ0n) is 13.7. The molecule has 0 aliphatic rings.